The van der Waals surface area contributed by atoms with E-state index in [-0.39, 0.29) is 11.5 Å². The zero-order valence-electron chi connectivity index (χ0n) is 24.1. The van der Waals surface area contributed by atoms with Gasteiger partial charge in [0.2, 0.25) is 6.29 Å². The Labute approximate surface area is 254 Å². The molecule has 8 nitrogen and oxygen atoms in total. The van der Waals surface area contributed by atoms with Crippen LogP contribution in [-0.2, 0) is 37.4 Å². The zero-order chi connectivity index (χ0) is 30.4. The van der Waals surface area contributed by atoms with E-state index in [1.165, 1.54) is 11.1 Å². The number of aromatic nitrogens is 2. The smallest absolute Gasteiger partial charge is 0.338 e. The molecular formula is C35H28N2O6S. The Bertz CT molecular complexity index is 2170. The zero-order valence-corrected chi connectivity index (χ0v) is 24.9. The monoisotopic (exact) mass is 604 g/mol. The van der Waals surface area contributed by atoms with Crippen molar-refractivity contribution in [2.45, 2.75) is 31.3 Å². The van der Waals surface area contributed by atoms with Gasteiger partial charge in [-0.05, 0) is 66.6 Å². The second-order valence-electron chi connectivity index (χ2n) is 10.7. The molecule has 1 unspecified atom stereocenters. The van der Waals surface area contributed by atoms with Gasteiger partial charge in [0.05, 0.1) is 41.8 Å². The third kappa shape index (κ3) is 4.85. The van der Waals surface area contributed by atoms with E-state index in [0.29, 0.717) is 39.9 Å². The molecule has 3 heterocycles. The Balaban J connectivity index is 1.34. The van der Waals surface area contributed by atoms with E-state index in [4.69, 9.17) is 19.2 Å². The third-order valence-electron chi connectivity index (χ3n) is 7.89. The quantitative estimate of drug-likeness (QED) is 0.182. The van der Waals surface area contributed by atoms with Crippen LogP contribution in [0.25, 0.3) is 32.9 Å². The van der Waals surface area contributed by atoms with Crippen LogP contribution < -0.4 is 0 Å². The number of aryl methyl sites for hydroxylation is 1. The molecule has 1 aliphatic rings. The van der Waals surface area contributed by atoms with Crippen LogP contribution in [0.4, 0.5) is 0 Å². The van der Waals surface area contributed by atoms with E-state index in [2.05, 4.69) is 6.07 Å². The molecule has 7 rings (SSSR count). The first kappa shape index (κ1) is 28.0. The number of rotatable bonds is 7. The fourth-order valence-electron chi connectivity index (χ4n) is 5.68. The Hall–Kier alpha value is -4.83. The van der Waals surface area contributed by atoms with Crippen molar-refractivity contribution in [3.8, 4) is 11.1 Å². The lowest BCUT2D eigenvalue weighted by Gasteiger charge is -2.17. The fraction of sp³-hybridized carbons (Fsp3) is 0.143. The molecule has 0 bridgehead atoms. The first-order valence-corrected chi connectivity index (χ1v) is 15.5. The molecule has 1 aliphatic heterocycles. The van der Waals surface area contributed by atoms with Crippen LogP contribution >= 0.6 is 0 Å². The number of pyridine rings is 1. The largest absolute Gasteiger partial charge is 0.465 e. The first-order valence-electron chi connectivity index (χ1n) is 14.1. The molecule has 44 heavy (non-hydrogen) atoms. The summed E-state index contributed by atoms with van der Waals surface area (Å²) in [7, 11) is -2.59. The molecule has 220 valence electrons. The summed E-state index contributed by atoms with van der Waals surface area (Å²) in [6.45, 7) is 2.29. The normalized spacial score (nSPS) is 14.6. The number of hydrogen-bond donors (Lipinski definition) is 0. The number of methoxy groups -OCH3 is 1. The minimum absolute atomic E-state index is 0.0246. The summed E-state index contributed by atoms with van der Waals surface area (Å²) < 4.78 is 46.4. The molecular weight excluding hydrogens is 576 g/mol. The van der Waals surface area contributed by atoms with Gasteiger partial charge in [-0.2, -0.15) is 0 Å². The van der Waals surface area contributed by atoms with Crippen LogP contribution in [-0.4, -0.2) is 30.5 Å². The second kappa shape index (κ2) is 11.0. The number of nitrogens with zero attached hydrogens (tertiary/aromatic N) is 2. The average Bonchev–Trinajstić information content (AvgIpc) is 3.66. The van der Waals surface area contributed by atoms with Crippen molar-refractivity contribution >= 4 is 37.8 Å². The predicted molar refractivity (Wildman–Crippen MR) is 167 cm³/mol. The highest BCUT2D eigenvalue weighted by molar-refractivity contribution is 7.90. The van der Waals surface area contributed by atoms with E-state index in [9.17, 15) is 13.2 Å². The maximum Gasteiger partial charge on any atom is 0.338 e. The highest BCUT2D eigenvalue weighted by atomic mass is 32.2. The summed E-state index contributed by atoms with van der Waals surface area (Å²) in [6, 6.07) is 29.3. The number of benzene rings is 4. The lowest BCUT2D eigenvalue weighted by atomic mass is 9.96. The van der Waals surface area contributed by atoms with Gasteiger partial charge in [-0.15, -0.1) is 0 Å². The van der Waals surface area contributed by atoms with Crippen LogP contribution in [0.15, 0.2) is 108 Å². The number of esters is 1. The van der Waals surface area contributed by atoms with Gasteiger partial charge in [0.1, 0.15) is 5.69 Å². The van der Waals surface area contributed by atoms with E-state index in [1.807, 2.05) is 55.5 Å². The van der Waals surface area contributed by atoms with Crippen molar-refractivity contribution in [1.29, 1.82) is 0 Å². The minimum atomic E-state index is -3.93. The summed E-state index contributed by atoms with van der Waals surface area (Å²) >= 11 is 0. The number of fused-ring (bicyclic) bond motifs is 3. The highest BCUT2D eigenvalue weighted by Crippen LogP contribution is 2.36. The molecule has 6 aromatic rings. The van der Waals surface area contributed by atoms with Crippen molar-refractivity contribution < 1.29 is 27.4 Å². The summed E-state index contributed by atoms with van der Waals surface area (Å²) in [6.07, 6.45) is 0.821. The Kier molecular flexibility index (Phi) is 7.01. The van der Waals surface area contributed by atoms with Gasteiger partial charge in [0.25, 0.3) is 10.0 Å². The van der Waals surface area contributed by atoms with Crippen molar-refractivity contribution in [1.82, 2.24) is 8.96 Å². The van der Waals surface area contributed by atoms with Crippen molar-refractivity contribution in [2.75, 3.05) is 7.11 Å². The Morgan fingerprint density at radius 1 is 0.955 bits per heavy atom. The fourth-order valence-corrected chi connectivity index (χ4v) is 7.07. The van der Waals surface area contributed by atoms with E-state index in [1.54, 1.807) is 48.7 Å². The second-order valence-corrected chi connectivity index (χ2v) is 12.5. The average molecular weight is 605 g/mol. The molecule has 2 aromatic heterocycles. The lowest BCUT2D eigenvalue weighted by molar-refractivity contribution is -0.147. The van der Waals surface area contributed by atoms with Crippen LogP contribution in [0.1, 0.15) is 39.0 Å². The van der Waals surface area contributed by atoms with E-state index in [0.717, 1.165) is 27.6 Å². The highest BCUT2D eigenvalue weighted by Gasteiger charge is 2.28. The molecule has 0 radical (unpaired) electrons. The number of carbonyl (C=O) groups excluding carboxylic acids is 1. The molecule has 0 aliphatic carbocycles. The van der Waals surface area contributed by atoms with Crippen LogP contribution in [0.5, 0.6) is 0 Å². The van der Waals surface area contributed by atoms with E-state index >= 15 is 0 Å². The molecule has 0 amide bonds. The van der Waals surface area contributed by atoms with Gasteiger partial charge in [0.15, 0.2) is 0 Å². The molecule has 0 N–H and O–H groups in total. The van der Waals surface area contributed by atoms with Gasteiger partial charge in [-0.25, -0.2) is 22.2 Å². The molecule has 9 heteroatoms. The van der Waals surface area contributed by atoms with Crippen LogP contribution in [0.2, 0.25) is 0 Å². The molecule has 0 fully saturated rings. The van der Waals surface area contributed by atoms with Crippen molar-refractivity contribution in [3.05, 3.63) is 131 Å². The predicted octanol–water partition coefficient (Wildman–Crippen LogP) is 6.93. The van der Waals surface area contributed by atoms with Crippen molar-refractivity contribution in [3.63, 3.8) is 0 Å². The summed E-state index contributed by atoms with van der Waals surface area (Å²) in [5.41, 5.74) is 6.32. The number of hydrogen-bond acceptors (Lipinski definition) is 7. The standard InChI is InChI=1S/C35H28N2O6S/c1-22-11-13-28(14-12-22)44(39,40)37-16-15-24-18-25(29-8-4-5-9-30(29)34(38)41-2)19-27(33(24)37)21-43-35-32-26(20-42-35)17-23-7-3-6-10-31(23)36-32/h3-19,35H,20-21H2,1-2H3. The van der Waals surface area contributed by atoms with Gasteiger partial charge in [-0.3, -0.25) is 0 Å². The number of ether oxygens (including phenoxy) is 3. The third-order valence-corrected chi connectivity index (χ3v) is 9.58. The molecule has 0 saturated heterocycles. The number of carbonyl (C=O) groups is 1. The topological polar surface area (TPSA) is 96.7 Å². The summed E-state index contributed by atoms with van der Waals surface area (Å²) in [5, 5.41) is 1.70. The van der Waals surface area contributed by atoms with Gasteiger partial charge in [-0.1, -0.05) is 54.1 Å². The van der Waals surface area contributed by atoms with E-state index < -0.39 is 22.3 Å². The van der Waals surface area contributed by atoms with Crippen LogP contribution in [0, 0.1) is 6.92 Å². The summed E-state index contributed by atoms with van der Waals surface area (Å²) in [4.78, 5) is 17.6. The maximum atomic E-state index is 13.9. The SMILES string of the molecule is COC(=O)c1ccccc1-c1cc(COC2OCc3cc4ccccc4nc32)c2c(ccn2S(=O)(=O)c2ccc(C)cc2)c1. The van der Waals surface area contributed by atoms with Crippen LogP contribution in [0.3, 0.4) is 0 Å². The lowest BCUT2D eigenvalue weighted by Crippen LogP contribution is -2.13. The van der Waals surface area contributed by atoms with Gasteiger partial charge < -0.3 is 14.2 Å². The van der Waals surface area contributed by atoms with Gasteiger partial charge >= 0.3 is 5.97 Å². The molecule has 0 saturated carbocycles. The molecule has 1 atom stereocenters. The molecule has 0 spiro atoms. The first-order chi connectivity index (χ1) is 21.3. The molecule has 4 aromatic carbocycles. The van der Waals surface area contributed by atoms with Crippen molar-refractivity contribution in [2.24, 2.45) is 0 Å². The minimum Gasteiger partial charge on any atom is -0.465 e. The Morgan fingerprint density at radius 3 is 2.55 bits per heavy atom. The van der Waals surface area contributed by atoms with Gasteiger partial charge in [0, 0.05) is 28.1 Å². The number of para-hydroxylation sites is 1. The maximum absolute atomic E-state index is 13.9. The Morgan fingerprint density at radius 2 is 1.73 bits per heavy atom. The summed E-state index contributed by atoms with van der Waals surface area (Å²) in [5.74, 6) is -0.465.